The molecular weight excluding hydrogens is 324 g/mol. The fourth-order valence-corrected chi connectivity index (χ4v) is 2.07. The third-order valence-corrected chi connectivity index (χ3v) is 3.41. The van der Waals surface area contributed by atoms with Gasteiger partial charge >= 0.3 is 0 Å². The van der Waals surface area contributed by atoms with Crippen LogP contribution in [0.4, 0.5) is 5.69 Å². The van der Waals surface area contributed by atoms with E-state index in [1.807, 2.05) is 12.1 Å². The molecule has 0 aliphatic carbocycles. The maximum absolute atomic E-state index is 11.2. The van der Waals surface area contributed by atoms with Crippen LogP contribution in [-0.4, -0.2) is 27.8 Å². The molecule has 1 aromatic heterocycles. The summed E-state index contributed by atoms with van der Waals surface area (Å²) >= 11 is 3.27. The Hall–Kier alpha value is -2.02. The molecule has 2 aromatic rings. The molecule has 0 aliphatic rings. The molecule has 0 bridgehead atoms. The smallest absolute Gasteiger partial charge is 0.241 e. The quantitative estimate of drug-likeness (QED) is 0.775. The summed E-state index contributed by atoms with van der Waals surface area (Å²) in [7, 11) is 1.58. The molecule has 1 heterocycles. The van der Waals surface area contributed by atoms with Gasteiger partial charge in [0, 0.05) is 25.4 Å². The summed E-state index contributed by atoms with van der Waals surface area (Å²) in [5.74, 6) is 0.113. The Kier molecular flexibility index (Phi) is 4.62. The first-order chi connectivity index (χ1) is 9.60. The summed E-state index contributed by atoms with van der Waals surface area (Å²) in [4.78, 5) is 11.2. The van der Waals surface area contributed by atoms with Crippen LogP contribution in [0, 0.1) is 0 Å². The van der Waals surface area contributed by atoms with Crippen molar-refractivity contribution in [3.05, 3.63) is 40.6 Å². The Morgan fingerprint density at radius 1 is 1.50 bits per heavy atom. The molecule has 2 rings (SSSR count). The summed E-state index contributed by atoms with van der Waals surface area (Å²) in [6.45, 7) is 0.650. The Morgan fingerprint density at radius 2 is 2.30 bits per heavy atom. The maximum atomic E-state index is 11.2. The van der Waals surface area contributed by atoms with Crippen LogP contribution >= 0.6 is 15.9 Å². The van der Waals surface area contributed by atoms with E-state index in [-0.39, 0.29) is 18.2 Å². The van der Waals surface area contributed by atoms with Gasteiger partial charge in [0.15, 0.2) is 0 Å². The molecule has 0 atom stereocenters. The van der Waals surface area contributed by atoms with Gasteiger partial charge in [0.05, 0.1) is 16.4 Å². The molecule has 0 aliphatic heterocycles. The Balaban J connectivity index is 1.97. The zero-order valence-electron chi connectivity index (χ0n) is 10.9. The standard InChI is InChI=1S/C13H15BrN4O2/c1-15-12(19)8-18-7-10(6-17-18)16-5-9-3-2-4-11(14)13(9)20/h2-4,6-7,16,20H,5,8H2,1H3,(H,15,19). The van der Waals surface area contributed by atoms with Crippen molar-refractivity contribution < 1.29 is 9.90 Å². The lowest BCUT2D eigenvalue weighted by atomic mass is 10.2. The highest BCUT2D eigenvalue weighted by molar-refractivity contribution is 9.10. The average molecular weight is 339 g/mol. The summed E-state index contributed by atoms with van der Waals surface area (Å²) in [5, 5.41) is 19.6. The number of phenolic OH excluding ortho intramolecular Hbond substituents is 1. The Labute approximate surface area is 124 Å². The number of benzene rings is 1. The first kappa shape index (κ1) is 14.4. The van der Waals surface area contributed by atoms with Gasteiger partial charge < -0.3 is 15.7 Å². The SMILES string of the molecule is CNC(=O)Cn1cc(NCc2cccc(Br)c2O)cn1. The first-order valence-corrected chi connectivity index (χ1v) is 6.82. The summed E-state index contributed by atoms with van der Waals surface area (Å²) < 4.78 is 2.20. The van der Waals surface area contributed by atoms with E-state index in [1.54, 1.807) is 30.2 Å². The van der Waals surface area contributed by atoms with Crippen molar-refractivity contribution >= 4 is 27.5 Å². The average Bonchev–Trinajstić information content (AvgIpc) is 2.88. The summed E-state index contributed by atoms with van der Waals surface area (Å²) in [6, 6.07) is 5.47. The Bertz CT molecular complexity index is 612. The van der Waals surface area contributed by atoms with Crippen LogP contribution in [0.5, 0.6) is 5.75 Å². The van der Waals surface area contributed by atoms with Crippen LogP contribution < -0.4 is 10.6 Å². The molecule has 0 unspecified atom stereocenters. The lowest BCUT2D eigenvalue weighted by molar-refractivity contribution is -0.121. The topological polar surface area (TPSA) is 79.2 Å². The number of phenols is 1. The number of aromatic hydroxyl groups is 1. The second-order valence-corrected chi connectivity index (χ2v) is 5.06. The Morgan fingerprint density at radius 3 is 3.05 bits per heavy atom. The highest BCUT2D eigenvalue weighted by Gasteiger charge is 2.06. The molecule has 3 N–H and O–H groups in total. The van der Waals surface area contributed by atoms with Gasteiger partial charge in [-0.2, -0.15) is 5.10 Å². The van der Waals surface area contributed by atoms with Crippen molar-refractivity contribution in [3.63, 3.8) is 0 Å². The number of para-hydroxylation sites is 1. The fraction of sp³-hybridized carbons (Fsp3) is 0.231. The van der Waals surface area contributed by atoms with Crippen LogP contribution in [0.2, 0.25) is 0 Å². The van der Waals surface area contributed by atoms with Crippen molar-refractivity contribution in [2.75, 3.05) is 12.4 Å². The number of aromatic nitrogens is 2. The van der Waals surface area contributed by atoms with Crippen LogP contribution in [-0.2, 0) is 17.9 Å². The molecule has 0 fully saturated rings. The molecule has 1 amide bonds. The van der Waals surface area contributed by atoms with Crippen molar-refractivity contribution in [2.45, 2.75) is 13.1 Å². The van der Waals surface area contributed by atoms with E-state index in [2.05, 4.69) is 31.7 Å². The zero-order valence-corrected chi connectivity index (χ0v) is 12.5. The maximum Gasteiger partial charge on any atom is 0.241 e. The van der Waals surface area contributed by atoms with E-state index in [4.69, 9.17) is 0 Å². The number of hydrogen-bond acceptors (Lipinski definition) is 4. The third kappa shape index (κ3) is 3.51. The molecule has 106 valence electrons. The number of nitrogens with zero attached hydrogens (tertiary/aromatic N) is 2. The van der Waals surface area contributed by atoms with E-state index in [0.717, 1.165) is 11.3 Å². The van der Waals surface area contributed by atoms with Crippen LogP contribution in [0.25, 0.3) is 0 Å². The number of nitrogens with one attached hydrogen (secondary N) is 2. The van der Waals surface area contributed by atoms with E-state index >= 15 is 0 Å². The van der Waals surface area contributed by atoms with E-state index < -0.39 is 0 Å². The van der Waals surface area contributed by atoms with Crippen molar-refractivity contribution in [1.82, 2.24) is 15.1 Å². The fourth-order valence-electron chi connectivity index (χ4n) is 1.67. The number of likely N-dealkylation sites (N-methyl/N-ethyl adjacent to an activating group) is 1. The minimum Gasteiger partial charge on any atom is -0.506 e. The molecular formula is C13H15BrN4O2. The normalized spacial score (nSPS) is 10.3. The monoisotopic (exact) mass is 338 g/mol. The minimum absolute atomic E-state index is 0.107. The van der Waals surface area contributed by atoms with Crippen molar-refractivity contribution in [2.24, 2.45) is 0 Å². The number of carbonyl (C=O) groups is 1. The van der Waals surface area contributed by atoms with Gasteiger partial charge in [0.25, 0.3) is 0 Å². The van der Waals surface area contributed by atoms with Gasteiger partial charge in [0.2, 0.25) is 5.91 Å². The van der Waals surface area contributed by atoms with Crippen LogP contribution in [0.3, 0.4) is 0 Å². The van der Waals surface area contributed by atoms with Gasteiger partial charge in [-0.3, -0.25) is 9.48 Å². The second kappa shape index (κ2) is 6.42. The molecule has 6 nitrogen and oxygen atoms in total. The van der Waals surface area contributed by atoms with Crippen molar-refractivity contribution in [3.8, 4) is 5.75 Å². The van der Waals surface area contributed by atoms with Crippen molar-refractivity contribution in [1.29, 1.82) is 0 Å². The number of anilines is 1. The predicted molar refractivity (Wildman–Crippen MR) is 79.4 cm³/mol. The van der Waals surface area contributed by atoms with Gasteiger partial charge in [-0.05, 0) is 22.0 Å². The highest BCUT2D eigenvalue weighted by atomic mass is 79.9. The van der Waals surface area contributed by atoms with Crippen LogP contribution in [0.15, 0.2) is 35.1 Å². The second-order valence-electron chi connectivity index (χ2n) is 4.20. The van der Waals surface area contributed by atoms with Gasteiger partial charge in [-0.25, -0.2) is 0 Å². The minimum atomic E-state index is -0.107. The molecule has 0 spiro atoms. The number of hydrogen-bond donors (Lipinski definition) is 3. The van der Waals surface area contributed by atoms with E-state index in [9.17, 15) is 9.90 Å². The highest BCUT2D eigenvalue weighted by Crippen LogP contribution is 2.27. The van der Waals surface area contributed by atoms with Gasteiger partial charge in [-0.1, -0.05) is 12.1 Å². The molecule has 20 heavy (non-hydrogen) atoms. The summed E-state index contributed by atoms with van der Waals surface area (Å²) in [5.41, 5.74) is 1.56. The molecule has 0 radical (unpaired) electrons. The van der Waals surface area contributed by atoms with E-state index in [0.29, 0.717) is 11.0 Å². The first-order valence-electron chi connectivity index (χ1n) is 6.03. The number of rotatable bonds is 5. The van der Waals surface area contributed by atoms with E-state index in [1.165, 1.54) is 0 Å². The number of halogens is 1. The number of carbonyl (C=O) groups excluding carboxylic acids is 1. The predicted octanol–water partition coefficient (Wildman–Crippen LogP) is 1.71. The molecule has 0 saturated carbocycles. The summed E-state index contributed by atoms with van der Waals surface area (Å²) in [6.07, 6.45) is 3.38. The van der Waals surface area contributed by atoms with Crippen LogP contribution in [0.1, 0.15) is 5.56 Å². The van der Waals surface area contributed by atoms with Gasteiger partial charge in [0.1, 0.15) is 12.3 Å². The molecule has 0 saturated heterocycles. The largest absolute Gasteiger partial charge is 0.506 e. The molecule has 7 heteroatoms. The van der Waals surface area contributed by atoms with Gasteiger partial charge in [-0.15, -0.1) is 0 Å². The molecule has 1 aromatic carbocycles. The lowest BCUT2D eigenvalue weighted by Gasteiger charge is -2.07. The third-order valence-electron chi connectivity index (χ3n) is 2.77. The lowest BCUT2D eigenvalue weighted by Crippen LogP contribution is -2.23. The zero-order chi connectivity index (χ0) is 14.5. The number of amides is 1.